The summed E-state index contributed by atoms with van der Waals surface area (Å²) in [5.41, 5.74) is 6.92. The topological polar surface area (TPSA) is 116 Å². The van der Waals surface area contributed by atoms with E-state index in [4.69, 9.17) is 5.73 Å². The number of aliphatic hydroxyl groups excluding tert-OH is 1. The van der Waals surface area contributed by atoms with Gasteiger partial charge in [-0.1, -0.05) is 26.3 Å². The summed E-state index contributed by atoms with van der Waals surface area (Å²) in [4.78, 5) is 23.6. The number of aromatic nitrogens is 2. The maximum atomic E-state index is 13.2. The predicted molar refractivity (Wildman–Crippen MR) is 128 cm³/mol. The number of rotatable bonds is 11. The van der Waals surface area contributed by atoms with Crippen molar-refractivity contribution in [2.24, 2.45) is 10.7 Å². The molecular formula is C23H30F3N5O2S. The number of nitrogens with two attached hydrogens (primary N) is 1. The van der Waals surface area contributed by atoms with Gasteiger partial charge in [0.15, 0.2) is 0 Å². The maximum Gasteiger partial charge on any atom is 0.433 e. The van der Waals surface area contributed by atoms with E-state index in [0.717, 1.165) is 6.08 Å². The Hall–Kier alpha value is -2.76. The number of carbonyl (C=O) groups is 1. The van der Waals surface area contributed by atoms with Crippen molar-refractivity contribution >= 4 is 29.0 Å². The van der Waals surface area contributed by atoms with Crippen molar-refractivity contribution in [3.8, 4) is 0 Å². The number of hydrogen-bond donors (Lipinski definition) is 4. The fraction of sp³-hybridized carbons (Fsp3) is 0.435. The van der Waals surface area contributed by atoms with E-state index in [1.165, 1.54) is 23.6 Å². The molecule has 2 rings (SSSR count). The third kappa shape index (κ3) is 7.64. The Labute approximate surface area is 200 Å². The number of halogens is 3. The van der Waals surface area contributed by atoms with Gasteiger partial charge < -0.3 is 21.1 Å². The van der Waals surface area contributed by atoms with Crippen molar-refractivity contribution in [1.82, 2.24) is 15.3 Å². The number of aliphatic hydroxyl groups is 1. The molecule has 0 saturated carbocycles. The highest BCUT2D eigenvalue weighted by Crippen LogP contribution is 2.27. The smallest absolute Gasteiger partial charge is 0.390 e. The Bertz CT molecular complexity index is 1040. The number of nitrogens with zero attached hydrogens (tertiary/aromatic N) is 2. The van der Waals surface area contributed by atoms with E-state index in [1.807, 2.05) is 13.8 Å². The van der Waals surface area contributed by atoms with Crippen molar-refractivity contribution < 1.29 is 23.1 Å². The van der Waals surface area contributed by atoms with Gasteiger partial charge in [-0.15, -0.1) is 11.3 Å². The molecule has 0 saturated heterocycles. The summed E-state index contributed by atoms with van der Waals surface area (Å²) in [5, 5.41) is 14.4. The lowest BCUT2D eigenvalue weighted by Gasteiger charge is -2.22. The van der Waals surface area contributed by atoms with Gasteiger partial charge in [-0.25, -0.2) is 4.98 Å². The van der Waals surface area contributed by atoms with Crippen LogP contribution in [0, 0.1) is 0 Å². The van der Waals surface area contributed by atoms with Gasteiger partial charge >= 0.3 is 6.18 Å². The van der Waals surface area contributed by atoms with E-state index >= 15 is 0 Å². The average molecular weight is 498 g/mol. The first-order valence-electron chi connectivity index (χ1n) is 10.9. The van der Waals surface area contributed by atoms with Crippen molar-refractivity contribution in [3.63, 3.8) is 0 Å². The molecule has 2 atom stereocenters. The Morgan fingerprint density at radius 2 is 2.03 bits per heavy atom. The van der Waals surface area contributed by atoms with Crippen LogP contribution in [0.1, 0.15) is 73.0 Å². The number of carbonyl (C=O) groups excluding carboxylic acids is 1. The van der Waals surface area contributed by atoms with E-state index in [0.29, 0.717) is 41.2 Å². The first-order chi connectivity index (χ1) is 16.1. The van der Waals surface area contributed by atoms with E-state index in [1.54, 1.807) is 24.4 Å². The molecule has 0 spiro atoms. The molecule has 1 amide bonds. The number of hydrogen-bond acceptors (Lipinski definition) is 6. The van der Waals surface area contributed by atoms with Gasteiger partial charge in [-0.2, -0.15) is 13.2 Å². The van der Waals surface area contributed by atoms with Crippen molar-refractivity contribution in [3.05, 3.63) is 57.5 Å². The number of allylic oxidation sites excluding steroid dienone is 4. The maximum absolute atomic E-state index is 13.2. The lowest BCUT2D eigenvalue weighted by atomic mass is 10.1. The van der Waals surface area contributed by atoms with Crippen LogP contribution in [0.3, 0.4) is 0 Å². The van der Waals surface area contributed by atoms with E-state index in [-0.39, 0.29) is 12.3 Å². The number of unbranched alkanes of at least 4 members (excludes halogenated alkanes) is 1. The minimum atomic E-state index is -4.57. The van der Waals surface area contributed by atoms with Crippen LogP contribution in [0.4, 0.5) is 13.2 Å². The Morgan fingerprint density at radius 3 is 2.62 bits per heavy atom. The summed E-state index contributed by atoms with van der Waals surface area (Å²) < 4.78 is 39.6. The summed E-state index contributed by atoms with van der Waals surface area (Å²) in [6.07, 6.45) is 0.651. The molecule has 0 aliphatic carbocycles. The van der Waals surface area contributed by atoms with Gasteiger partial charge in [0.25, 0.3) is 5.91 Å². The second-order valence-electron chi connectivity index (χ2n) is 7.64. The molecule has 11 heteroatoms. The highest BCUT2D eigenvalue weighted by molar-refractivity contribution is 7.09. The first-order valence-corrected chi connectivity index (χ1v) is 11.8. The van der Waals surface area contributed by atoms with Gasteiger partial charge in [-0.05, 0) is 43.5 Å². The molecule has 34 heavy (non-hydrogen) atoms. The van der Waals surface area contributed by atoms with Gasteiger partial charge in [0.05, 0.1) is 18.3 Å². The minimum absolute atomic E-state index is 0.210. The van der Waals surface area contributed by atoms with Gasteiger partial charge in [0.1, 0.15) is 16.4 Å². The molecule has 0 aromatic carbocycles. The van der Waals surface area contributed by atoms with Crippen molar-refractivity contribution in [2.75, 3.05) is 0 Å². The zero-order chi connectivity index (χ0) is 25.3. The standard InChI is InChI=1S/C23H30F3N5O2S/c1-4-6-11-28-19(23(24,25)26)10-7-14(3)17-8-9-18(30-17)21(33)31-20(16(27)5-2)22-29-15(12-32)13-34-22/h7-11,13,16,20,30,32H,4-6,12,27H2,1-3H3,(H,31,33)/b14-7+,19-10-,28-11?. The van der Waals surface area contributed by atoms with Crippen molar-refractivity contribution in [2.45, 2.75) is 64.9 Å². The molecule has 0 bridgehead atoms. The number of aliphatic imine (C=N–C) groups is 1. The Morgan fingerprint density at radius 1 is 1.32 bits per heavy atom. The number of thiazole rings is 1. The lowest BCUT2D eigenvalue weighted by molar-refractivity contribution is -0.0922. The fourth-order valence-corrected chi connectivity index (χ4v) is 3.83. The second kappa shape index (κ2) is 12.6. The van der Waals surface area contributed by atoms with Crippen LogP contribution in [-0.2, 0) is 6.61 Å². The number of nitrogens with one attached hydrogen (secondary N) is 2. The summed E-state index contributed by atoms with van der Waals surface area (Å²) in [6, 6.07) is 2.22. The molecule has 0 fully saturated rings. The monoisotopic (exact) mass is 497 g/mol. The van der Waals surface area contributed by atoms with Crippen LogP contribution >= 0.6 is 11.3 Å². The molecule has 2 heterocycles. The second-order valence-corrected chi connectivity index (χ2v) is 8.53. The molecule has 0 aliphatic rings. The van der Waals surface area contributed by atoms with Crippen LogP contribution < -0.4 is 11.1 Å². The van der Waals surface area contributed by atoms with Crippen LogP contribution in [0.15, 0.2) is 40.4 Å². The fourth-order valence-electron chi connectivity index (χ4n) is 2.90. The SMILES string of the molecule is CCCC=N/C(=C\C=C(/C)c1ccc(C(=O)NC(c2nc(CO)cs2)C(N)CC)[nH]1)C(F)(F)F. The molecule has 2 aromatic heterocycles. The minimum Gasteiger partial charge on any atom is -0.390 e. The Balaban J connectivity index is 2.20. The van der Waals surface area contributed by atoms with Gasteiger partial charge in [0, 0.05) is 23.3 Å². The van der Waals surface area contributed by atoms with E-state index < -0.39 is 29.9 Å². The number of alkyl halides is 3. The summed E-state index contributed by atoms with van der Waals surface area (Å²) in [6.45, 7) is 5.17. The molecule has 186 valence electrons. The zero-order valence-corrected chi connectivity index (χ0v) is 20.1. The van der Waals surface area contributed by atoms with E-state index in [2.05, 4.69) is 20.3 Å². The molecule has 5 N–H and O–H groups in total. The summed E-state index contributed by atoms with van der Waals surface area (Å²) >= 11 is 1.30. The lowest BCUT2D eigenvalue weighted by Crippen LogP contribution is -2.40. The third-order valence-electron chi connectivity index (χ3n) is 4.97. The Kier molecular flexibility index (Phi) is 10.2. The largest absolute Gasteiger partial charge is 0.433 e. The molecule has 0 aliphatic heterocycles. The number of aromatic amines is 1. The van der Waals surface area contributed by atoms with E-state index in [9.17, 15) is 23.1 Å². The summed E-state index contributed by atoms with van der Waals surface area (Å²) in [7, 11) is 0. The molecule has 7 nitrogen and oxygen atoms in total. The predicted octanol–water partition coefficient (Wildman–Crippen LogP) is 4.89. The van der Waals surface area contributed by atoms with Crippen LogP contribution in [0.2, 0.25) is 0 Å². The third-order valence-corrected chi connectivity index (χ3v) is 5.95. The van der Waals surface area contributed by atoms with Gasteiger partial charge in [0.2, 0.25) is 0 Å². The van der Waals surface area contributed by atoms with Crippen LogP contribution in [-0.4, -0.2) is 39.4 Å². The quantitative estimate of drug-likeness (QED) is 0.261. The zero-order valence-electron chi connectivity index (χ0n) is 19.3. The molecule has 2 unspecified atom stereocenters. The van der Waals surface area contributed by atoms with Crippen molar-refractivity contribution in [1.29, 1.82) is 0 Å². The normalized spacial score (nSPS) is 15.1. The molecule has 2 aromatic rings. The number of H-pyrrole nitrogens is 1. The summed E-state index contributed by atoms with van der Waals surface area (Å²) in [5.74, 6) is -0.426. The average Bonchev–Trinajstić information content (AvgIpc) is 3.48. The van der Waals surface area contributed by atoms with Crippen LogP contribution in [0.25, 0.3) is 5.57 Å². The van der Waals surface area contributed by atoms with Crippen LogP contribution in [0.5, 0.6) is 0 Å². The molecule has 0 radical (unpaired) electrons. The molecular weight excluding hydrogens is 467 g/mol. The first kappa shape index (κ1) is 27.5. The van der Waals surface area contributed by atoms with Gasteiger partial charge in [-0.3, -0.25) is 9.79 Å². The highest BCUT2D eigenvalue weighted by Gasteiger charge is 2.33. The number of amides is 1. The highest BCUT2D eigenvalue weighted by atomic mass is 32.1.